The number of rotatable bonds is 11. The number of methoxy groups -OCH3 is 1. The van der Waals surface area contributed by atoms with Gasteiger partial charge in [0, 0.05) is 29.4 Å². The molecule has 4 N–H and O–H groups in total. The molecule has 186 valence electrons. The maximum Gasteiger partial charge on any atom is 0.328 e. The van der Waals surface area contributed by atoms with Crippen molar-refractivity contribution < 1.29 is 19.1 Å². The first kappa shape index (κ1) is 28.1. The maximum atomic E-state index is 13.2. The number of hydrogen-bond donors (Lipinski definition) is 3. The Morgan fingerprint density at radius 3 is 2.54 bits per heavy atom. The lowest BCUT2D eigenvalue weighted by Gasteiger charge is -2.18. The van der Waals surface area contributed by atoms with E-state index in [4.69, 9.17) is 10.5 Å². The van der Waals surface area contributed by atoms with Crippen LogP contribution in [0.15, 0.2) is 61.1 Å². The first-order chi connectivity index (χ1) is 16.4. The van der Waals surface area contributed by atoms with Gasteiger partial charge in [-0.3, -0.25) is 9.59 Å². The van der Waals surface area contributed by atoms with Crippen molar-refractivity contribution in [3.8, 4) is 11.1 Å². The highest BCUT2D eigenvalue weighted by molar-refractivity contribution is 7.98. The molecule has 0 radical (unpaired) electrons. The fraction of sp³-hybridized carbons (Fsp3) is 0.280. The van der Waals surface area contributed by atoms with E-state index < -0.39 is 24.0 Å². The second kappa shape index (κ2) is 13.7. The molecule has 1 aromatic heterocycles. The van der Waals surface area contributed by atoms with Crippen LogP contribution in [0.25, 0.3) is 11.1 Å². The van der Waals surface area contributed by atoms with Crippen molar-refractivity contribution in [1.82, 2.24) is 15.3 Å². The van der Waals surface area contributed by atoms with E-state index in [1.54, 1.807) is 36.2 Å². The summed E-state index contributed by atoms with van der Waals surface area (Å²) in [6, 6.07) is 12.6. The van der Waals surface area contributed by atoms with Gasteiger partial charge < -0.3 is 20.8 Å². The van der Waals surface area contributed by atoms with Gasteiger partial charge in [0.1, 0.15) is 6.04 Å². The Morgan fingerprint density at radius 2 is 1.91 bits per heavy atom. The highest BCUT2D eigenvalue weighted by atomic mass is 35.5. The monoisotopic (exact) mass is 516 g/mol. The smallest absolute Gasteiger partial charge is 0.328 e. The van der Waals surface area contributed by atoms with E-state index in [-0.39, 0.29) is 18.2 Å². The number of halogens is 1. The lowest BCUT2D eigenvalue weighted by Crippen LogP contribution is -2.42. The number of nitrogens with one attached hydrogen (secondary N) is 2. The molecule has 0 bridgehead atoms. The fourth-order valence-electron chi connectivity index (χ4n) is 3.55. The van der Waals surface area contributed by atoms with Gasteiger partial charge in [-0.15, -0.1) is 12.4 Å². The third-order valence-corrected chi connectivity index (χ3v) is 6.01. The van der Waals surface area contributed by atoms with Crippen molar-refractivity contribution in [3.63, 3.8) is 0 Å². The first-order valence-electron chi connectivity index (χ1n) is 10.8. The number of ketones is 1. The Morgan fingerprint density at radius 1 is 1.17 bits per heavy atom. The minimum absolute atomic E-state index is 0. The predicted octanol–water partition coefficient (Wildman–Crippen LogP) is 3.28. The van der Waals surface area contributed by atoms with Gasteiger partial charge in [0.05, 0.1) is 19.5 Å². The number of aromatic nitrogens is 2. The lowest BCUT2D eigenvalue weighted by atomic mass is 9.93. The Bertz CT molecular complexity index is 1130. The van der Waals surface area contributed by atoms with E-state index in [0.717, 1.165) is 11.3 Å². The van der Waals surface area contributed by atoms with E-state index in [0.29, 0.717) is 35.3 Å². The molecule has 1 heterocycles. The molecule has 0 spiro atoms. The zero-order valence-corrected chi connectivity index (χ0v) is 21.2. The third-order valence-electron chi connectivity index (χ3n) is 5.37. The molecule has 35 heavy (non-hydrogen) atoms. The summed E-state index contributed by atoms with van der Waals surface area (Å²) < 4.78 is 4.85. The van der Waals surface area contributed by atoms with Gasteiger partial charge in [-0.05, 0) is 41.7 Å². The molecular formula is C25H29ClN4O4S. The standard InChI is InChI=1S/C25H28N4O4S.ClH/c1-33-25(32)22(10-11-34-2)29-24(31)19-9-8-17(12-20(19)16-6-4-3-5-7-16)23(30)21(26)13-18-14-27-15-28-18;/h3-9,12,14-15,21-22H,10-11,13,26H2,1-2H3,(H,27,28)(H,29,31);1H/t21-,22-;/m0./s1. The Kier molecular flexibility index (Phi) is 11.0. The number of benzene rings is 2. The quantitative estimate of drug-likeness (QED) is 0.263. The zero-order valence-electron chi connectivity index (χ0n) is 19.5. The van der Waals surface area contributed by atoms with Crippen LogP contribution in [0.4, 0.5) is 0 Å². The average Bonchev–Trinajstić information content (AvgIpc) is 3.38. The van der Waals surface area contributed by atoms with Crippen molar-refractivity contribution in [2.24, 2.45) is 5.73 Å². The highest BCUT2D eigenvalue weighted by Gasteiger charge is 2.25. The molecule has 0 fully saturated rings. The predicted molar refractivity (Wildman–Crippen MR) is 140 cm³/mol. The minimum Gasteiger partial charge on any atom is -0.467 e. The largest absolute Gasteiger partial charge is 0.467 e. The molecule has 0 aliphatic rings. The normalized spacial score (nSPS) is 12.2. The van der Waals surface area contributed by atoms with Crippen LogP contribution in [0.1, 0.15) is 32.8 Å². The molecule has 2 atom stereocenters. The van der Waals surface area contributed by atoms with Crippen LogP contribution in [0, 0.1) is 0 Å². The highest BCUT2D eigenvalue weighted by Crippen LogP contribution is 2.26. The number of aromatic amines is 1. The fourth-order valence-corrected chi connectivity index (χ4v) is 4.03. The molecule has 0 saturated carbocycles. The molecular weight excluding hydrogens is 488 g/mol. The lowest BCUT2D eigenvalue weighted by molar-refractivity contribution is -0.142. The molecule has 8 nitrogen and oxygen atoms in total. The number of hydrogen-bond acceptors (Lipinski definition) is 7. The van der Waals surface area contributed by atoms with Crippen molar-refractivity contribution in [2.75, 3.05) is 19.1 Å². The summed E-state index contributed by atoms with van der Waals surface area (Å²) in [6.45, 7) is 0. The Hall–Kier alpha value is -3.14. The SMILES string of the molecule is COC(=O)[C@H](CCSC)NC(=O)c1ccc(C(=O)[C@@H](N)Cc2cnc[nH]2)cc1-c1ccccc1.Cl. The minimum atomic E-state index is -0.766. The summed E-state index contributed by atoms with van der Waals surface area (Å²) in [4.78, 5) is 45.3. The van der Waals surface area contributed by atoms with Crippen LogP contribution in [0.2, 0.25) is 0 Å². The second-order valence-corrected chi connectivity index (χ2v) is 8.69. The summed E-state index contributed by atoms with van der Waals surface area (Å²) in [7, 11) is 1.29. The number of carbonyl (C=O) groups is 3. The molecule has 0 unspecified atom stereocenters. The number of thioether (sulfide) groups is 1. The van der Waals surface area contributed by atoms with Gasteiger partial charge in [0.2, 0.25) is 0 Å². The summed E-state index contributed by atoms with van der Waals surface area (Å²) >= 11 is 1.58. The summed E-state index contributed by atoms with van der Waals surface area (Å²) in [5.41, 5.74) is 9.01. The van der Waals surface area contributed by atoms with Crippen LogP contribution < -0.4 is 11.1 Å². The van der Waals surface area contributed by atoms with E-state index in [1.807, 2.05) is 36.6 Å². The molecule has 0 saturated heterocycles. The topological polar surface area (TPSA) is 127 Å². The Labute approximate surface area is 214 Å². The molecule has 3 rings (SSSR count). The summed E-state index contributed by atoms with van der Waals surface area (Å²) in [6.07, 6.45) is 5.85. The number of ether oxygens (including phenoxy) is 1. The van der Waals surface area contributed by atoms with Crippen molar-refractivity contribution >= 4 is 41.8 Å². The Balaban J connectivity index is 0.00000432. The van der Waals surface area contributed by atoms with Gasteiger partial charge >= 0.3 is 5.97 Å². The molecule has 0 aliphatic carbocycles. The number of nitrogens with two attached hydrogens (primary N) is 1. The molecule has 10 heteroatoms. The molecule has 1 amide bonds. The van der Waals surface area contributed by atoms with Gasteiger partial charge in [0.25, 0.3) is 5.91 Å². The van der Waals surface area contributed by atoms with Gasteiger partial charge in [0.15, 0.2) is 5.78 Å². The molecule has 3 aromatic rings. The van der Waals surface area contributed by atoms with E-state index in [2.05, 4.69) is 15.3 Å². The number of Topliss-reactive ketones (excluding diaryl/α,β-unsaturated/α-hetero) is 1. The summed E-state index contributed by atoms with van der Waals surface area (Å²) in [5.74, 6) is -0.477. The van der Waals surface area contributed by atoms with E-state index >= 15 is 0 Å². The van der Waals surface area contributed by atoms with Crippen LogP contribution in [-0.2, 0) is 16.0 Å². The van der Waals surface area contributed by atoms with Gasteiger partial charge in [-0.1, -0.05) is 36.4 Å². The second-order valence-electron chi connectivity index (χ2n) is 7.71. The van der Waals surface area contributed by atoms with Crippen LogP contribution in [0.3, 0.4) is 0 Å². The molecule has 0 aliphatic heterocycles. The third kappa shape index (κ3) is 7.42. The number of imidazole rings is 1. The summed E-state index contributed by atoms with van der Waals surface area (Å²) in [5, 5.41) is 2.78. The number of amides is 1. The van der Waals surface area contributed by atoms with Crippen molar-refractivity contribution in [3.05, 3.63) is 77.9 Å². The number of H-pyrrole nitrogens is 1. The van der Waals surface area contributed by atoms with Crippen molar-refractivity contribution in [2.45, 2.75) is 24.9 Å². The maximum absolute atomic E-state index is 13.2. The number of nitrogens with zero attached hydrogens (tertiary/aromatic N) is 1. The zero-order chi connectivity index (χ0) is 24.5. The van der Waals surface area contributed by atoms with Crippen molar-refractivity contribution in [1.29, 1.82) is 0 Å². The van der Waals surface area contributed by atoms with E-state index in [1.165, 1.54) is 13.4 Å². The average molecular weight is 517 g/mol. The van der Waals surface area contributed by atoms with Crippen LogP contribution in [-0.4, -0.2) is 58.8 Å². The van der Waals surface area contributed by atoms with Crippen LogP contribution >= 0.6 is 24.2 Å². The van der Waals surface area contributed by atoms with Gasteiger partial charge in [-0.25, -0.2) is 9.78 Å². The van der Waals surface area contributed by atoms with Crippen LogP contribution in [0.5, 0.6) is 0 Å². The van der Waals surface area contributed by atoms with Gasteiger partial charge in [-0.2, -0.15) is 11.8 Å². The number of esters is 1. The number of carbonyl (C=O) groups excluding carboxylic acids is 3. The first-order valence-corrected chi connectivity index (χ1v) is 12.2. The van der Waals surface area contributed by atoms with E-state index in [9.17, 15) is 14.4 Å². The molecule has 2 aromatic carbocycles.